The minimum atomic E-state index is -3.79. The van der Waals surface area contributed by atoms with Crippen molar-refractivity contribution in [1.82, 2.24) is 4.72 Å². The summed E-state index contributed by atoms with van der Waals surface area (Å²) in [4.78, 5) is 11.6. The van der Waals surface area contributed by atoms with Crippen molar-refractivity contribution in [3.05, 3.63) is 35.4 Å². The van der Waals surface area contributed by atoms with Crippen LogP contribution >= 0.6 is 0 Å². The molecule has 1 heterocycles. The molecule has 2 aliphatic rings. The molecule has 1 aromatic rings. The van der Waals surface area contributed by atoms with Gasteiger partial charge in [0.05, 0.1) is 16.6 Å². The van der Waals surface area contributed by atoms with Crippen molar-refractivity contribution < 1.29 is 23.1 Å². The number of carbonyl (C=O) groups is 1. The van der Waals surface area contributed by atoms with Crippen molar-refractivity contribution in [2.75, 3.05) is 25.0 Å². The smallest absolute Gasteiger partial charge is 0.337 e. The third kappa shape index (κ3) is 5.56. The van der Waals surface area contributed by atoms with Crippen LogP contribution in [0.4, 0.5) is 5.69 Å². The normalized spacial score (nSPS) is 20.0. The average molecular weight is 409 g/mol. The second-order valence-electron chi connectivity index (χ2n) is 7.28. The molecule has 0 bridgehead atoms. The van der Waals surface area contributed by atoms with E-state index in [4.69, 9.17) is 4.74 Å². The number of hydrogen-bond acceptors (Lipinski definition) is 5. The van der Waals surface area contributed by atoms with Crippen LogP contribution in [0.2, 0.25) is 0 Å². The van der Waals surface area contributed by atoms with E-state index in [-0.39, 0.29) is 23.1 Å². The second kappa shape index (κ2) is 9.54. The lowest BCUT2D eigenvalue weighted by Crippen LogP contribution is -2.32. The molecular formula is C20H28N2O5S. The molecule has 3 rings (SSSR count). The van der Waals surface area contributed by atoms with Crippen LogP contribution in [0, 0.1) is 0 Å². The first-order chi connectivity index (χ1) is 13.5. The van der Waals surface area contributed by atoms with Crippen LogP contribution in [0.1, 0.15) is 55.3 Å². The van der Waals surface area contributed by atoms with Crippen LogP contribution in [0.15, 0.2) is 34.7 Å². The number of benzene rings is 1. The van der Waals surface area contributed by atoms with Gasteiger partial charge in [0.25, 0.3) is 0 Å². The summed E-state index contributed by atoms with van der Waals surface area (Å²) in [6.07, 6.45) is 9.40. The predicted molar refractivity (Wildman–Crippen MR) is 107 cm³/mol. The Hall–Kier alpha value is -1.90. The van der Waals surface area contributed by atoms with Gasteiger partial charge in [-0.05, 0) is 63.1 Å². The third-order valence-electron chi connectivity index (χ3n) is 5.20. The van der Waals surface area contributed by atoms with E-state index in [1.54, 1.807) is 0 Å². The van der Waals surface area contributed by atoms with Gasteiger partial charge in [0.2, 0.25) is 10.0 Å². The van der Waals surface area contributed by atoms with E-state index in [0.29, 0.717) is 18.8 Å². The van der Waals surface area contributed by atoms with E-state index in [9.17, 15) is 18.3 Å². The topological polar surface area (TPSA) is 105 Å². The highest BCUT2D eigenvalue weighted by molar-refractivity contribution is 7.89. The second-order valence-corrected chi connectivity index (χ2v) is 9.05. The van der Waals surface area contributed by atoms with Gasteiger partial charge in [0.1, 0.15) is 0 Å². The molecule has 1 aliphatic heterocycles. The first-order valence-electron chi connectivity index (χ1n) is 9.86. The summed E-state index contributed by atoms with van der Waals surface area (Å²) >= 11 is 0. The standard InChI is InChI=1S/C20H28N2O5S/c23-20(24)18-13-17(28(25,26)22-14-16-7-4-12-27-16)8-9-19(18)21-11-10-15-5-2-1-3-6-15/h5,8-9,13,16,21-22H,1-4,6-7,10-12,14H2,(H,23,24). The van der Waals surface area contributed by atoms with Crippen molar-refractivity contribution in [1.29, 1.82) is 0 Å². The van der Waals surface area contributed by atoms with Gasteiger partial charge in [0.15, 0.2) is 0 Å². The van der Waals surface area contributed by atoms with Gasteiger partial charge in [-0.1, -0.05) is 11.6 Å². The SMILES string of the molecule is O=C(O)c1cc(S(=O)(=O)NCC2CCCO2)ccc1NCCC1=CCCCC1. The highest BCUT2D eigenvalue weighted by Crippen LogP contribution is 2.23. The molecule has 1 aromatic carbocycles. The van der Waals surface area contributed by atoms with E-state index in [0.717, 1.165) is 32.1 Å². The van der Waals surface area contributed by atoms with Crippen LogP contribution in [-0.2, 0) is 14.8 Å². The van der Waals surface area contributed by atoms with Gasteiger partial charge in [-0.2, -0.15) is 0 Å². The first kappa shape index (κ1) is 20.8. The number of nitrogens with one attached hydrogen (secondary N) is 2. The maximum absolute atomic E-state index is 12.5. The molecular weight excluding hydrogens is 380 g/mol. The van der Waals surface area contributed by atoms with Gasteiger partial charge >= 0.3 is 5.97 Å². The van der Waals surface area contributed by atoms with Crippen LogP contribution in [0.5, 0.6) is 0 Å². The Morgan fingerprint density at radius 3 is 2.79 bits per heavy atom. The minimum absolute atomic E-state index is 0.0439. The Bertz CT molecular complexity index is 829. The zero-order valence-electron chi connectivity index (χ0n) is 15.9. The number of anilines is 1. The van der Waals surface area contributed by atoms with Crippen LogP contribution < -0.4 is 10.0 Å². The summed E-state index contributed by atoms with van der Waals surface area (Å²) in [5.41, 5.74) is 1.78. The molecule has 1 atom stereocenters. The molecule has 0 saturated carbocycles. The van der Waals surface area contributed by atoms with Gasteiger partial charge in [-0.15, -0.1) is 0 Å². The molecule has 0 aromatic heterocycles. The number of aromatic carboxylic acids is 1. The fourth-order valence-electron chi connectivity index (χ4n) is 3.60. The van der Waals surface area contributed by atoms with Crippen LogP contribution in [0.3, 0.4) is 0 Å². The zero-order chi connectivity index (χ0) is 20.0. The maximum atomic E-state index is 12.5. The van der Waals surface area contributed by atoms with E-state index < -0.39 is 16.0 Å². The summed E-state index contributed by atoms with van der Waals surface area (Å²) in [6, 6.07) is 4.17. The summed E-state index contributed by atoms with van der Waals surface area (Å²) in [5, 5.41) is 12.7. The lowest BCUT2D eigenvalue weighted by molar-refractivity contribution is 0.0697. The summed E-state index contributed by atoms with van der Waals surface area (Å²) in [6.45, 7) is 1.46. The molecule has 1 saturated heterocycles. The first-order valence-corrected chi connectivity index (χ1v) is 11.3. The Morgan fingerprint density at radius 1 is 1.25 bits per heavy atom. The van der Waals surface area contributed by atoms with Gasteiger partial charge in [-0.3, -0.25) is 0 Å². The molecule has 1 unspecified atom stereocenters. The van der Waals surface area contributed by atoms with Crippen molar-refractivity contribution in [2.45, 2.75) is 55.9 Å². The lowest BCUT2D eigenvalue weighted by Gasteiger charge is -2.15. The summed E-state index contributed by atoms with van der Waals surface area (Å²) in [5.74, 6) is -1.16. The maximum Gasteiger partial charge on any atom is 0.337 e. The monoisotopic (exact) mass is 408 g/mol. The fourth-order valence-corrected chi connectivity index (χ4v) is 4.69. The van der Waals surface area contributed by atoms with Crippen molar-refractivity contribution >= 4 is 21.7 Å². The van der Waals surface area contributed by atoms with Gasteiger partial charge in [-0.25, -0.2) is 17.9 Å². The number of carboxylic acids is 1. The highest BCUT2D eigenvalue weighted by atomic mass is 32.2. The van der Waals surface area contributed by atoms with Crippen molar-refractivity contribution in [3.63, 3.8) is 0 Å². The Balaban J connectivity index is 1.65. The minimum Gasteiger partial charge on any atom is -0.478 e. The number of rotatable bonds is 9. The van der Waals surface area contributed by atoms with E-state index in [1.165, 1.54) is 36.6 Å². The number of carboxylic acid groups (broad SMARTS) is 1. The van der Waals surface area contributed by atoms with Crippen molar-refractivity contribution in [3.8, 4) is 0 Å². The highest BCUT2D eigenvalue weighted by Gasteiger charge is 2.22. The molecule has 154 valence electrons. The quantitative estimate of drug-likeness (QED) is 0.542. The average Bonchev–Trinajstić information content (AvgIpc) is 3.21. The molecule has 0 amide bonds. The third-order valence-corrected chi connectivity index (χ3v) is 6.62. The van der Waals surface area contributed by atoms with Gasteiger partial charge < -0.3 is 15.2 Å². The predicted octanol–water partition coefficient (Wildman–Crippen LogP) is 3.14. The molecule has 3 N–H and O–H groups in total. The van der Waals surface area contributed by atoms with E-state index in [2.05, 4.69) is 16.1 Å². The lowest BCUT2D eigenvalue weighted by atomic mass is 9.97. The van der Waals surface area contributed by atoms with Crippen LogP contribution in [-0.4, -0.2) is 45.3 Å². The molecule has 0 spiro atoms. The van der Waals surface area contributed by atoms with E-state index in [1.807, 2.05) is 0 Å². The number of sulfonamides is 1. The molecule has 8 heteroatoms. The Morgan fingerprint density at radius 2 is 2.11 bits per heavy atom. The van der Waals surface area contributed by atoms with Crippen molar-refractivity contribution in [2.24, 2.45) is 0 Å². The Labute approximate surface area is 166 Å². The molecule has 0 radical (unpaired) electrons. The number of ether oxygens (including phenoxy) is 1. The molecule has 28 heavy (non-hydrogen) atoms. The molecule has 1 fully saturated rings. The largest absolute Gasteiger partial charge is 0.478 e. The zero-order valence-corrected chi connectivity index (χ0v) is 16.8. The van der Waals surface area contributed by atoms with Crippen LogP contribution in [0.25, 0.3) is 0 Å². The van der Waals surface area contributed by atoms with Gasteiger partial charge in [0, 0.05) is 25.4 Å². The Kier molecular flexibility index (Phi) is 7.09. The number of allylic oxidation sites excluding steroid dienone is 1. The molecule has 1 aliphatic carbocycles. The fraction of sp³-hybridized carbons (Fsp3) is 0.550. The van der Waals surface area contributed by atoms with E-state index >= 15 is 0 Å². The molecule has 7 nitrogen and oxygen atoms in total. The number of hydrogen-bond donors (Lipinski definition) is 3. The summed E-state index contributed by atoms with van der Waals surface area (Å²) < 4.78 is 33.0. The summed E-state index contributed by atoms with van der Waals surface area (Å²) in [7, 11) is -3.79.